The van der Waals surface area contributed by atoms with Crippen LogP contribution in [0.4, 0.5) is 0 Å². The van der Waals surface area contributed by atoms with Gasteiger partial charge in [-0.25, -0.2) is 0 Å². The molecule has 132 valence electrons. The number of nitrogens with one attached hydrogen (secondary N) is 1. The summed E-state index contributed by atoms with van der Waals surface area (Å²) in [5.74, 6) is 1.21. The van der Waals surface area contributed by atoms with E-state index in [1.807, 2.05) is 30.3 Å². The van der Waals surface area contributed by atoms with E-state index in [4.69, 9.17) is 5.73 Å². The number of nitrogens with zero attached hydrogens (tertiary/aromatic N) is 1. The zero-order chi connectivity index (χ0) is 16.4. The highest BCUT2D eigenvalue weighted by Gasteiger charge is 2.10. The first-order chi connectivity index (χ1) is 10.5. The molecule has 4 N–H and O–H groups in total. The second kappa shape index (κ2) is 12.6. The molecule has 0 fully saturated rings. The molecule has 0 spiro atoms. The minimum atomic E-state index is -0.00204. The molecule has 2 unspecified atom stereocenters. The number of aliphatic hydroxyl groups excluding tert-OH is 1. The molecule has 1 aromatic rings. The maximum atomic E-state index is 9.51. The van der Waals surface area contributed by atoms with Gasteiger partial charge in [0.2, 0.25) is 0 Å². The summed E-state index contributed by atoms with van der Waals surface area (Å²) in [7, 11) is 0. The quantitative estimate of drug-likeness (QED) is 0.317. The minimum absolute atomic E-state index is 0. The van der Waals surface area contributed by atoms with Crippen molar-refractivity contribution in [2.45, 2.75) is 52.0 Å². The number of benzene rings is 1. The first kappa shape index (κ1) is 22.2. The fraction of sp³-hybridized carbons (Fsp3) is 0.611. The van der Waals surface area contributed by atoms with Gasteiger partial charge in [0.1, 0.15) is 0 Å². The maximum Gasteiger partial charge on any atom is 0.188 e. The minimum Gasteiger partial charge on any atom is -0.396 e. The zero-order valence-electron chi connectivity index (χ0n) is 14.5. The standard InChI is InChI=1S/C18H31N3O.HI/c1-14(2)8-7-9-15(3)21-18(19)20-12-17(13-22)16-10-5-4-6-11-16;/h4-6,10-11,14-15,17,22H,7-9,12-13H2,1-3H3,(H3,19,20,21);1H. The van der Waals surface area contributed by atoms with Crippen LogP contribution < -0.4 is 11.1 Å². The number of halogens is 1. The van der Waals surface area contributed by atoms with Gasteiger partial charge < -0.3 is 16.2 Å². The molecule has 0 aliphatic heterocycles. The van der Waals surface area contributed by atoms with Crippen molar-refractivity contribution in [1.82, 2.24) is 5.32 Å². The summed E-state index contributed by atoms with van der Waals surface area (Å²) in [5, 5.41) is 12.7. The van der Waals surface area contributed by atoms with E-state index in [2.05, 4.69) is 31.1 Å². The zero-order valence-corrected chi connectivity index (χ0v) is 16.9. The Balaban J connectivity index is 0.00000484. The number of aliphatic imine (C=N–C) groups is 1. The van der Waals surface area contributed by atoms with Crippen molar-refractivity contribution >= 4 is 29.9 Å². The van der Waals surface area contributed by atoms with Crippen molar-refractivity contribution in [2.75, 3.05) is 13.2 Å². The molecular weight excluding hydrogens is 401 g/mol. The molecule has 0 aliphatic rings. The molecule has 0 radical (unpaired) electrons. The molecule has 0 amide bonds. The van der Waals surface area contributed by atoms with Crippen LogP contribution in [0.2, 0.25) is 0 Å². The highest BCUT2D eigenvalue weighted by atomic mass is 127. The molecule has 0 aliphatic carbocycles. The van der Waals surface area contributed by atoms with Crippen molar-refractivity contribution in [3.05, 3.63) is 35.9 Å². The predicted molar refractivity (Wildman–Crippen MR) is 109 cm³/mol. The first-order valence-electron chi connectivity index (χ1n) is 8.25. The maximum absolute atomic E-state index is 9.51. The lowest BCUT2D eigenvalue weighted by Gasteiger charge is -2.16. The Bertz CT molecular complexity index is 437. The lowest BCUT2D eigenvalue weighted by molar-refractivity contribution is 0.268. The van der Waals surface area contributed by atoms with Crippen LogP contribution in [-0.4, -0.2) is 30.3 Å². The molecular formula is C18H32IN3O. The van der Waals surface area contributed by atoms with Crippen molar-refractivity contribution in [2.24, 2.45) is 16.6 Å². The summed E-state index contributed by atoms with van der Waals surface area (Å²) in [5.41, 5.74) is 7.03. The van der Waals surface area contributed by atoms with Gasteiger partial charge in [-0.3, -0.25) is 4.99 Å². The van der Waals surface area contributed by atoms with E-state index in [0.29, 0.717) is 18.5 Å². The lowest BCUT2D eigenvalue weighted by Crippen LogP contribution is -2.38. The van der Waals surface area contributed by atoms with Crippen molar-refractivity contribution in [3.63, 3.8) is 0 Å². The third-order valence-corrected chi connectivity index (χ3v) is 3.79. The topological polar surface area (TPSA) is 70.6 Å². The average Bonchev–Trinajstić information content (AvgIpc) is 2.48. The summed E-state index contributed by atoms with van der Waals surface area (Å²) in [6, 6.07) is 10.3. The molecule has 0 saturated carbocycles. The second-order valence-electron chi connectivity index (χ2n) is 6.39. The number of nitrogens with two attached hydrogens (primary N) is 1. The van der Waals surface area contributed by atoms with Crippen LogP contribution in [0.25, 0.3) is 0 Å². The summed E-state index contributed by atoms with van der Waals surface area (Å²) in [6.07, 6.45) is 3.53. The van der Waals surface area contributed by atoms with E-state index < -0.39 is 0 Å². The van der Waals surface area contributed by atoms with Crippen molar-refractivity contribution in [3.8, 4) is 0 Å². The number of rotatable bonds is 9. The Kier molecular flexibility index (Phi) is 12.1. The fourth-order valence-electron chi connectivity index (χ4n) is 2.40. The van der Waals surface area contributed by atoms with Gasteiger partial charge >= 0.3 is 0 Å². The molecule has 0 bridgehead atoms. The summed E-state index contributed by atoms with van der Waals surface area (Å²) in [4.78, 5) is 4.38. The Hall–Kier alpha value is -0.820. The van der Waals surface area contributed by atoms with Crippen LogP contribution in [0.1, 0.15) is 51.5 Å². The molecule has 4 nitrogen and oxygen atoms in total. The Morgan fingerprint density at radius 1 is 1.17 bits per heavy atom. The van der Waals surface area contributed by atoms with Crippen LogP contribution in [0.5, 0.6) is 0 Å². The highest BCUT2D eigenvalue weighted by molar-refractivity contribution is 14.0. The summed E-state index contributed by atoms with van der Waals surface area (Å²) < 4.78 is 0. The van der Waals surface area contributed by atoms with Crippen LogP contribution in [0, 0.1) is 5.92 Å². The highest BCUT2D eigenvalue weighted by Crippen LogP contribution is 2.15. The third kappa shape index (κ3) is 9.81. The van der Waals surface area contributed by atoms with E-state index in [1.165, 1.54) is 12.8 Å². The van der Waals surface area contributed by atoms with Gasteiger partial charge in [0.05, 0.1) is 13.2 Å². The Morgan fingerprint density at radius 3 is 2.39 bits per heavy atom. The van der Waals surface area contributed by atoms with Gasteiger partial charge in [-0.05, 0) is 24.8 Å². The molecule has 2 atom stereocenters. The van der Waals surface area contributed by atoms with Gasteiger partial charge in [0.15, 0.2) is 5.96 Å². The third-order valence-electron chi connectivity index (χ3n) is 3.79. The predicted octanol–water partition coefficient (Wildman–Crippen LogP) is 3.50. The van der Waals surface area contributed by atoms with Crippen molar-refractivity contribution < 1.29 is 5.11 Å². The van der Waals surface area contributed by atoms with E-state index >= 15 is 0 Å². The Morgan fingerprint density at radius 2 is 1.83 bits per heavy atom. The summed E-state index contributed by atoms with van der Waals surface area (Å²) in [6.45, 7) is 7.19. The van der Waals surface area contributed by atoms with Crippen LogP contribution in [-0.2, 0) is 0 Å². The molecule has 1 aromatic carbocycles. The van der Waals surface area contributed by atoms with Crippen LogP contribution in [0.3, 0.4) is 0 Å². The van der Waals surface area contributed by atoms with Gasteiger partial charge in [-0.15, -0.1) is 24.0 Å². The molecule has 0 saturated heterocycles. The van der Waals surface area contributed by atoms with Gasteiger partial charge in [-0.2, -0.15) is 0 Å². The van der Waals surface area contributed by atoms with Gasteiger partial charge in [0.25, 0.3) is 0 Å². The smallest absolute Gasteiger partial charge is 0.188 e. The monoisotopic (exact) mass is 433 g/mol. The lowest BCUT2D eigenvalue weighted by atomic mass is 10.0. The number of hydrogen-bond donors (Lipinski definition) is 3. The fourth-order valence-corrected chi connectivity index (χ4v) is 2.40. The number of aliphatic hydroxyl groups is 1. The molecule has 0 heterocycles. The van der Waals surface area contributed by atoms with Crippen molar-refractivity contribution in [1.29, 1.82) is 0 Å². The summed E-state index contributed by atoms with van der Waals surface area (Å²) >= 11 is 0. The first-order valence-corrected chi connectivity index (χ1v) is 8.25. The van der Waals surface area contributed by atoms with E-state index in [0.717, 1.165) is 17.9 Å². The van der Waals surface area contributed by atoms with Gasteiger partial charge in [-0.1, -0.05) is 57.0 Å². The van der Waals surface area contributed by atoms with Crippen LogP contribution >= 0.6 is 24.0 Å². The molecule has 5 heteroatoms. The van der Waals surface area contributed by atoms with Gasteiger partial charge in [0, 0.05) is 12.0 Å². The molecule has 0 aromatic heterocycles. The van der Waals surface area contributed by atoms with E-state index in [9.17, 15) is 5.11 Å². The normalized spacial score (nSPS) is 14.2. The number of guanidine groups is 1. The Labute approximate surface area is 158 Å². The molecule has 23 heavy (non-hydrogen) atoms. The second-order valence-corrected chi connectivity index (χ2v) is 6.39. The van der Waals surface area contributed by atoms with Crippen LogP contribution in [0.15, 0.2) is 35.3 Å². The SMILES string of the molecule is CC(C)CCCC(C)NC(N)=NCC(CO)c1ccccc1.I. The largest absolute Gasteiger partial charge is 0.396 e. The van der Waals surface area contributed by atoms with E-state index in [1.54, 1.807) is 0 Å². The molecule has 1 rings (SSSR count). The number of hydrogen-bond acceptors (Lipinski definition) is 2. The average molecular weight is 433 g/mol. The van der Waals surface area contributed by atoms with E-state index in [-0.39, 0.29) is 36.5 Å².